The minimum Gasteiger partial charge on any atom is -0.468 e. The summed E-state index contributed by atoms with van der Waals surface area (Å²) in [6, 6.07) is 4.17. The number of rotatable bonds is 3. The molecule has 1 spiro atoms. The summed E-state index contributed by atoms with van der Waals surface area (Å²) in [6.45, 7) is 0.285. The predicted octanol–water partition coefficient (Wildman–Crippen LogP) is 2.28. The van der Waals surface area contributed by atoms with Crippen LogP contribution in [-0.4, -0.2) is 37.0 Å². The first kappa shape index (κ1) is 14.0. The van der Waals surface area contributed by atoms with Gasteiger partial charge in [0.15, 0.2) is 0 Å². The number of ether oxygens (including phenoxy) is 1. The van der Waals surface area contributed by atoms with Crippen LogP contribution in [0.4, 0.5) is 8.78 Å². The van der Waals surface area contributed by atoms with Crippen LogP contribution in [0.2, 0.25) is 0 Å². The Kier molecular flexibility index (Phi) is 3.19. The van der Waals surface area contributed by atoms with Gasteiger partial charge in [0.05, 0.1) is 7.11 Å². The molecule has 1 saturated carbocycles. The van der Waals surface area contributed by atoms with Crippen molar-refractivity contribution in [2.45, 2.75) is 24.7 Å². The Morgan fingerprint density at radius 3 is 2.71 bits per heavy atom. The molecule has 1 aromatic rings. The summed E-state index contributed by atoms with van der Waals surface area (Å²) in [4.78, 5) is 25.2. The number of benzene rings is 1. The predicted molar refractivity (Wildman–Crippen MR) is 70.2 cm³/mol. The van der Waals surface area contributed by atoms with Gasteiger partial charge in [-0.05, 0) is 30.5 Å². The zero-order chi connectivity index (χ0) is 15.2. The van der Waals surface area contributed by atoms with E-state index in [1.54, 1.807) is 0 Å². The van der Waals surface area contributed by atoms with Gasteiger partial charge in [-0.25, -0.2) is 8.78 Å². The number of hydrogen-bond acceptors (Lipinski definition) is 3. The molecule has 0 bridgehead atoms. The Balaban J connectivity index is 1.97. The van der Waals surface area contributed by atoms with E-state index in [9.17, 15) is 18.4 Å². The molecule has 112 valence electrons. The van der Waals surface area contributed by atoms with E-state index in [4.69, 9.17) is 0 Å². The van der Waals surface area contributed by atoms with Crippen molar-refractivity contribution in [3.05, 3.63) is 34.9 Å². The van der Waals surface area contributed by atoms with Gasteiger partial charge in [0.2, 0.25) is 0 Å². The zero-order valence-corrected chi connectivity index (χ0v) is 11.6. The number of esters is 1. The lowest BCUT2D eigenvalue weighted by Gasteiger charge is -2.34. The lowest BCUT2D eigenvalue weighted by molar-refractivity contribution is -0.141. The molecule has 6 heteroatoms. The number of alkyl halides is 2. The fourth-order valence-corrected chi connectivity index (χ4v) is 2.94. The first-order chi connectivity index (χ1) is 9.97. The van der Waals surface area contributed by atoms with Crippen molar-refractivity contribution < 1.29 is 23.1 Å². The van der Waals surface area contributed by atoms with Crippen LogP contribution >= 0.6 is 0 Å². The van der Waals surface area contributed by atoms with E-state index in [1.807, 2.05) is 0 Å². The Bertz CT molecular complexity index is 611. The maximum atomic E-state index is 12.8. The van der Waals surface area contributed by atoms with Crippen LogP contribution in [-0.2, 0) is 14.9 Å². The van der Waals surface area contributed by atoms with Gasteiger partial charge in [-0.2, -0.15) is 0 Å². The molecular formula is C15H15F2NO3. The van der Waals surface area contributed by atoms with Crippen LogP contribution in [0.3, 0.4) is 0 Å². The van der Waals surface area contributed by atoms with Crippen molar-refractivity contribution in [3.63, 3.8) is 0 Å². The molecule has 1 aliphatic heterocycles. The first-order valence-electron chi connectivity index (χ1n) is 6.75. The molecule has 0 aromatic heterocycles. The number of nitrogens with zero attached hydrogens (tertiary/aromatic N) is 1. The molecule has 1 fully saturated rings. The van der Waals surface area contributed by atoms with Crippen LogP contribution in [0.25, 0.3) is 0 Å². The lowest BCUT2D eigenvalue weighted by atomic mass is 9.85. The quantitative estimate of drug-likeness (QED) is 0.804. The Hall–Kier alpha value is -1.98. The van der Waals surface area contributed by atoms with E-state index in [1.165, 1.54) is 30.2 Å². The van der Waals surface area contributed by atoms with E-state index in [0.29, 0.717) is 17.7 Å². The monoisotopic (exact) mass is 295 g/mol. The standard InChI is InChI=1S/C15H15F2NO3/c1-21-12(19)7-18-8-15(4-5-15)11-6-9(13(16)17)2-3-10(11)14(18)20/h2-3,6,13H,4-5,7-8H2,1H3. The number of carbonyl (C=O) groups excluding carboxylic acids is 2. The van der Waals surface area contributed by atoms with Crippen molar-refractivity contribution in [2.75, 3.05) is 20.2 Å². The molecule has 4 nitrogen and oxygen atoms in total. The highest BCUT2D eigenvalue weighted by molar-refractivity contribution is 5.99. The minimum absolute atomic E-state index is 0.0609. The topological polar surface area (TPSA) is 46.6 Å². The molecule has 1 aliphatic carbocycles. The highest BCUT2D eigenvalue weighted by atomic mass is 19.3. The van der Waals surface area contributed by atoms with Gasteiger partial charge in [-0.1, -0.05) is 6.07 Å². The van der Waals surface area contributed by atoms with Gasteiger partial charge < -0.3 is 9.64 Å². The van der Waals surface area contributed by atoms with Crippen molar-refractivity contribution in [1.29, 1.82) is 0 Å². The summed E-state index contributed by atoms with van der Waals surface area (Å²) >= 11 is 0. The van der Waals surface area contributed by atoms with Crippen molar-refractivity contribution >= 4 is 11.9 Å². The van der Waals surface area contributed by atoms with E-state index >= 15 is 0 Å². The van der Waals surface area contributed by atoms with Gasteiger partial charge in [-0.3, -0.25) is 9.59 Å². The van der Waals surface area contributed by atoms with Gasteiger partial charge in [-0.15, -0.1) is 0 Å². The number of halogens is 2. The molecule has 0 atom stereocenters. The smallest absolute Gasteiger partial charge is 0.325 e. The average Bonchev–Trinajstić information content (AvgIpc) is 3.24. The van der Waals surface area contributed by atoms with Crippen molar-refractivity contribution in [1.82, 2.24) is 4.90 Å². The molecule has 3 rings (SSSR count). The lowest BCUT2D eigenvalue weighted by Crippen LogP contribution is -2.46. The minimum atomic E-state index is -2.55. The fourth-order valence-electron chi connectivity index (χ4n) is 2.94. The maximum Gasteiger partial charge on any atom is 0.325 e. The number of methoxy groups -OCH3 is 1. The number of fused-ring (bicyclic) bond motifs is 2. The Labute approximate surface area is 120 Å². The summed E-state index contributed by atoms with van der Waals surface area (Å²) in [5, 5.41) is 0. The molecular weight excluding hydrogens is 280 g/mol. The second kappa shape index (κ2) is 4.79. The third-order valence-corrected chi connectivity index (χ3v) is 4.28. The third-order valence-electron chi connectivity index (χ3n) is 4.28. The van der Waals surface area contributed by atoms with E-state index in [0.717, 1.165) is 12.8 Å². The van der Waals surface area contributed by atoms with E-state index in [-0.39, 0.29) is 23.4 Å². The number of carbonyl (C=O) groups is 2. The second-order valence-corrected chi connectivity index (χ2v) is 5.62. The number of amides is 1. The largest absolute Gasteiger partial charge is 0.468 e. The molecule has 1 aromatic carbocycles. The summed E-state index contributed by atoms with van der Waals surface area (Å²) in [7, 11) is 1.27. The average molecular weight is 295 g/mol. The Morgan fingerprint density at radius 1 is 1.43 bits per heavy atom. The molecule has 0 radical (unpaired) electrons. The van der Waals surface area contributed by atoms with Crippen LogP contribution in [0.1, 0.15) is 40.8 Å². The van der Waals surface area contributed by atoms with Crippen LogP contribution < -0.4 is 0 Å². The molecule has 0 saturated heterocycles. The maximum absolute atomic E-state index is 12.8. The van der Waals surface area contributed by atoms with Crippen molar-refractivity contribution in [3.8, 4) is 0 Å². The SMILES string of the molecule is COC(=O)CN1CC2(CC2)c2cc(C(F)F)ccc2C1=O. The third kappa shape index (κ3) is 2.28. The van der Waals surface area contributed by atoms with Gasteiger partial charge >= 0.3 is 5.97 Å². The molecule has 21 heavy (non-hydrogen) atoms. The van der Waals surface area contributed by atoms with Crippen LogP contribution in [0.5, 0.6) is 0 Å². The fraction of sp³-hybridized carbons (Fsp3) is 0.467. The summed E-state index contributed by atoms with van der Waals surface area (Å²) in [6.07, 6.45) is -0.857. The van der Waals surface area contributed by atoms with E-state index in [2.05, 4.69) is 4.74 Å². The summed E-state index contributed by atoms with van der Waals surface area (Å²) < 4.78 is 30.3. The van der Waals surface area contributed by atoms with Crippen LogP contribution in [0, 0.1) is 0 Å². The molecule has 2 aliphatic rings. The summed E-state index contributed by atoms with van der Waals surface area (Å²) in [5.74, 6) is -0.777. The Morgan fingerprint density at radius 2 is 2.14 bits per heavy atom. The van der Waals surface area contributed by atoms with Gasteiger partial charge in [0.1, 0.15) is 6.54 Å². The summed E-state index contributed by atoms with van der Waals surface area (Å²) in [5.41, 5.74) is 0.801. The number of hydrogen-bond donors (Lipinski definition) is 0. The molecule has 0 unspecified atom stereocenters. The first-order valence-corrected chi connectivity index (χ1v) is 6.75. The van der Waals surface area contributed by atoms with Gasteiger partial charge in [0.25, 0.3) is 12.3 Å². The zero-order valence-electron chi connectivity index (χ0n) is 11.6. The molecule has 1 amide bonds. The molecule has 0 N–H and O–H groups in total. The van der Waals surface area contributed by atoms with Gasteiger partial charge in [0, 0.05) is 23.1 Å². The van der Waals surface area contributed by atoms with Crippen LogP contribution in [0.15, 0.2) is 18.2 Å². The van der Waals surface area contributed by atoms with E-state index < -0.39 is 12.4 Å². The second-order valence-electron chi connectivity index (χ2n) is 5.62. The van der Waals surface area contributed by atoms with Crippen molar-refractivity contribution in [2.24, 2.45) is 0 Å². The highest BCUT2D eigenvalue weighted by Crippen LogP contribution is 2.52. The normalized spacial score (nSPS) is 18.9. The highest BCUT2D eigenvalue weighted by Gasteiger charge is 2.51. The molecule has 1 heterocycles.